The summed E-state index contributed by atoms with van der Waals surface area (Å²) in [6.07, 6.45) is 7.59. The molecule has 5 rings (SSSR count). The summed E-state index contributed by atoms with van der Waals surface area (Å²) in [5, 5.41) is 0. The van der Waals surface area contributed by atoms with E-state index >= 15 is 0 Å². The minimum atomic E-state index is -0.766. The Balaban J connectivity index is 1.94. The van der Waals surface area contributed by atoms with E-state index in [1.54, 1.807) is 6.08 Å². The van der Waals surface area contributed by atoms with Crippen molar-refractivity contribution in [3.63, 3.8) is 0 Å². The maximum absolute atomic E-state index is 13.4. The van der Waals surface area contributed by atoms with Crippen molar-refractivity contribution in [2.24, 2.45) is 0 Å². The quantitative estimate of drug-likeness (QED) is 0.591. The Bertz CT molecular complexity index is 1120. The van der Waals surface area contributed by atoms with E-state index in [-0.39, 0.29) is 5.78 Å². The van der Waals surface area contributed by atoms with Crippen LogP contribution in [-0.2, 0) is 10.2 Å². The molecule has 2 aliphatic rings. The van der Waals surface area contributed by atoms with Gasteiger partial charge in [0.2, 0.25) is 0 Å². The second kappa shape index (κ2) is 6.07. The zero-order valence-electron chi connectivity index (χ0n) is 14.8. The standard InChI is InChI=1S/C26H18O/c27-23-17-9-10-18-26(23)22-16-8-7-15-21(22)24(19-11-3-1-4-12-19)25(26)20-13-5-2-6-14-20/h1-18H. The van der Waals surface area contributed by atoms with Crippen LogP contribution in [0.15, 0.2) is 109 Å². The highest BCUT2D eigenvalue weighted by Crippen LogP contribution is 2.55. The van der Waals surface area contributed by atoms with Crippen molar-refractivity contribution < 1.29 is 4.79 Å². The third kappa shape index (κ3) is 2.22. The van der Waals surface area contributed by atoms with Gasteiger partial charge in [0.25, 0.3) is 0 Å². The van der Waals surface area contributed by atoms with Crippen LogP contribution in [0.3, 0.4) is 0 Å². The molecule has 3 aromatic rings. The van der Waals surface area contributed by atoms with Crippen LogP contribution in [0.2, 0.25) is 0 Å². The first kappa shape index (κ1) is 15.8. The van der Waals surface area contributed by atoms with E-state index < -0.39 is 5.41 Å². The fraction of sp³-hybridized carbons (Fsp3) is 0.0385. The van der Waals surface area contributed by atoms with Crippen molar-refractivity contribution in [2.75, 3.05) is 0 Å². The molecule has 0 saturated carbocycles. The molecule has 1 atom stereocenters. The van der Waals surface area contributed by atoms with E-state index in [9.17, 15) is 4.79 Å². The third-order valence-electron chi connectivity index (χ3n) is 5.48. The summed E-state index contributed by atoms with van der Waals surface area (Å²) in [5.74, 6) is 0.113. The summed E-state index contributed by atoms with van der Waals surface area (Å²) in [4.78, 5) is 13.4. The van der Waals surface area contributed by atoms with E-state index in [1.807, 2.05) is 42.5 Å². The number of ketones is 1. The van der Waals surface area contributed by atoms with Gasteiger partial charge in [0.15, 0.2) is 5.78 Å². The Hall–Kier alpha value is -3.45. The number of benzene rings is 3. The number of rotatable bonds is 2. The van der Waals surface area contributed by atoms with Crippen LogP contribution < -0.4 is 0 Å². The lowest BCUT2D eigenvalue weighted by Gasteiger charge is -2.30. The van der Waals surface area contributed by atoms with Gasteiger partial charge in [0.1, 0.15) is 5.41 Å². The first-order valence-electron chi connectivity index (χ1n) is 9.18. The van der Waals surface area contributed by atoms with Crippen molar-refractivity contribution in [1.82, 2.24) is 0 Å². The first-order valence-corrected chi connectivity index (χ1v) is 9.18. The van der Waals surface area contributed by atoms with Crippen LogP contribution >= 0.6 is 0 Å². The summed E-state index contributed by atoms with van der Waals surface area (Å²) < 4.78 is 0. The molecule has 0 bridgehead atoms. The lowest BCUT2D eigenvalue weighted by atomic mass is 9.69. The number of hydrogen-bond donors (Lipinski definition) is 0. The van der Waals surface area contributed by atoms with Crippen LogP contribution in [0.1, 0.15) is 22.3 Å². The van der Waals surface area contributed by atoms with Gasteiger partial charge in [-0.15, -0.1) is 0 Å². The number of fused-ring (bicyclic) bond motifs is 2. The largest absolute Gasteiger partial charge is 0.293 e. The molecule has 2 aliphatic carbocycles. The average molecular weight is 346 g/mol. The molecule has 0 saturated heterocycles. The number of allylic oxidation sites excluding steroid dienone is 5. The van der Waals surface area contributed by atoms with Crippen LogP contribution in [0.5, 0.6) is 0 Å². The van der Waals surface area contributed by atoms with Gasteiger partial charge in [0, 0.05) is 0 Å². The maximum atomic E-state index is 13.4. The second-order valence-corrected chi connectivity index (χ2v) is 6.92. The molecule has 0 aliphatic heterocycles. The van der Waals surface area contributed by atoms with Gasteiger partial charge in [-0.25, -0.2) is 0 Å². The molecule has 0 heterocycles. The third-order valence-corrected chi connectivity index (χ3v) is 5.48. The molecule has 0 amide bonds. The normalized spacial score (nSPS) is 20.4. The molecule has 0 N–H and O–H groups in total. The molecule has 1 heteroatoms. The zero-order chi connectivity index (χ0) is 18.3. The topological polar surface area (TPSA) is 17.1 Å². The maximum Gasteiger partial charge on any atom is 0.174 e. The molecule has 1 spiro atoms. The average Bonchev–Trinajstić information content (AvgIpc) is 3.03. The number of carbonyl (C=O) groups is 1. The number of carbonyl (C=O) groups excluding carboxylic acids is 1. The van der Waals surface area contributed by atoms with Crippen LogP contribution in [0.25, 0.3) is 11.1 Å². The monoisotopic (exact) mass is 346 g/mol. The van der Waals surface area contributed by atoms with Gasteiger partial charge >= 0.3 is 0 Å². The highest BCUT2D eigenvalue weighted by Gasteiger charge is 2.49. The van der Waals surface area contributed by atoms with Crippen LogP contribution in [0.4, 0.5) is 0 Å². The van der Waals surface area contributed by atoms with Gasteiger partial charge in [-0.05, 0) is 39.5 Å². The van der Waals surface area contributed by atoms with E-state index in [1.165, 1.54) is 0 Å². The Labute approximate surface area is 159 Å². The molecule has 3 aromatic carbocycles. The summed E-state index contributed by atoms with van der Waals surface area (Å²) >= 11 is 0. The van der Waals surface area contributed by atoms with Crippen molar-refractivity contribution >= 4 is 16.9 Å². The Morgan fingerprint density at radius 2 is 1.26 bits per heavy atom. The smallest absolute Gasteiger partial charge is 0.174 e. The lowest BCUT2D eigenvalue weighted by Crippen LogP contribution is -2.33. The fourth-order valence-electron chi connectivity index (χ4n) is 4.38. The Morgan fingerprint density at radius 3 is 1.96 bits per heavy atom. The minimum absolute atomic E-state index is 0.113. The van der Waals surface area contributed by atoms with Crippen molar-refractivity contribution in [3.05, 3.63) is 131 Å². The van der Waals surface area contributed by atoms with E-state index in [0.717, 1.165) is 33.4 Å². The molecule has 1 nitrogen and oxygen atoms in total. The fourth-order valence-corrected chi connectivity index (χ4v) is 4.38. The SMILES string of the molecule is O=C1C=CC=CC12C(c1ccccc1)=C(c1ccccc1)c1ccccc12. The molecule has 128 valence electrons. The molecule has 0 radical (unpaired) electrons. The van der Waals surface area contributed by atoms with Crippen LogP contribution in [-0.4, -0.2) is 5.78 Å². The Kier molecular flexibility index (Phi) is 3.54. The highest BCUT2D eigenvalue weighted by molar-refractivity contribution is 6.22. The Morgan fingerprint density at radius 1 is 0.630 bits per heavy atom. The molecular weight excluding hydrogens is 328 g/mol. The predicted octanol–water partition coefficient (Wildman–Crippen LogP) is 5.59. The van der Waals surface area contributed by atoms with Crippen molar-refractivity contribution in [1.29, 1.82) is 0 Å². The van der Waals surface area contributed by atoms with E-state index in [2.05, 4.69) is 60.7 Å². The van der Waals surface area contributed by atoms with Gasteiger partial charge in [-0.3, -0.25) is 4.79 Å². The summed E-state index contributed by atoms with van der Waals surface area (Å²) in [5.41, 5.74) is 5.87. The summed E-state index contributed by atoms with van der Waals surface area (Å²) in [7, 11) is 0. The van der Waals surface area contributed by atoms with Crippen LogP contribution in [0, 0.1) is 0 Å². The van der Waals surface area contributed by atoms with Gasteiger partial charge in [-0.1, -0.05) is 103 Å². The van der Waals surface area contributed by atoms with Gasteiger partial charge in [-0.2, -0.15) is 0 Å². The van der Waals surface area contributed by atoms with Crippen molar-refractivity contribution in [2.45, 2.75) is 5.41 Å². The van der Waals surface area contributed by atoms with E-state index in [4.69, 9.17) is 0 Å². The first-order chi connectivity index (χ1) is 13.3. The molecule has 0 aromatic heterocycles. The zero-order valence-corrected chi connectivity index (χ0v) is 14.8. The lowest BCUT2D eigenvalue weighted by molar-refractivity contribution is -0.116. The highest BCUT2D eigenvalue weighted by atomic mass is 16.1. The number of hydrogen-bond acceptors (Lipinski definition) is 1. The summed E-state index contributed by atoms with van der Waals surface area (Å²) in [6.45, 7) is 0. The predicted molar refractivity (Wildman–Crippen MR) is 110 cm³/mol. The minimum Gasteiger partial charge on any atom is -0.293 e. The van der Waals surface area contributed by atoms with Crippen molar-refractivity contribution in [3.8, 4) is 0 Å². The van der Waals surface area contributed by atoms with Gasteiger partial charge < -0.3 is 0 Å². The molecular formula is C26H18O. The second-order valence-electron chi connectivity index (χ2n) is 6.92. The molecule has 1 unspecified atom stereocenters. The summed E-state index contributed by atoms with van der Waals surface area (Å²) in [6, 6.07) is 29.0. The molecule has 27 heavy (non-hydrogen) atoms. The van der Waals surface area contributed by atoms with E-state index in [0.29, 0.717) is 0 Å². The van der Waals surface area contributed by atoms with Gasteiger partial charge in [0.05, 0.1) is 0 Å². The molecule has 0 fully saturated rings.